The molecular formula is C72H61IrN3OSi-2. The van der Waals surface area contributed by atoms with Crippen molar-refractivity contribution in [1.29, 1.82) is 0 Å². The fraction of sp³-hybridized carbons (Fsp3) is 0.139. The molecule has 13 rings (SSSR count). The Hall–Kier alpha value is -7.99. The molecule has 0 unspecified atom stereocenters. The number of rotatable bonds is 9. The summed E-state index contributed by atoms with van der Waals surface area (Å²) in [5.41, 5.74) is 16.7. The van der Waals surface area contributed by atoms with E-state index < -0.39 is 14.9 Å². The summed E-state index contributed by atoms with van der Waals surface area (Å²) in [5.74, 6) is 1.34. The van der Waals surface area contributed by atoms with E-state index in [2.05, 4.69) is 227 Å². The first-order chi connectivity index (χ1) is 38.6. The van der Waals surface area contributed by atoms with Gasteiger partial charge in [0.25, 0.3) is 0 Å². The van der Waals surface area contributed by atoms with Crippen molar-refractivity contribution in [3.8, 4) is 61.7 Å². The van der Waals surface area contributed by atoms with Crippen LogP contribution in [0.5, 0.6) is 0 Å². The summed E-state index contributed by atoms with van der Waals surface area (Å²) in [5, 5.41) is 8.31. The van der Waals surface area contributed by atoms with Gasteiger partial charge < -0.3 is 14.0 Å². The largest absolute Gasteiger partial charge is 0.501 e. The summed E-state index contributed by atoms with van der Waals surface area (Å²) >= 11 is 0. The van der Waals surface area contributed by atoms with Crippen LogP contribution in [-0.4, -0.2) is 22.6 Å². The van der Waals surface area contributed by atoms with Crippen LogP contribution in [0, 0.1) is 19.0 Å². The second kappa shape index (κ2) is 21.4. The molecule has 10 aromatic carbocycles. The van der Waals surface area contributed by atoms with Crippen molar-refractivity contribution in [2.75, 3.05) is 0 Å². The van der Waals surface area contributed by atoms with E-state index in [1.54, 1.807) is 6.07 Å². The molecule has 1 radical (unpaired) electrons. The molecule has 0 aliphatic heterocycles. The van der Waals surface area contributed by atoms with Crippen molar-refractivity contribution in [1.82, 2.24) is 14.5 Å². The molecule has 0 bridgehead atoms. The summed E-state index contributed by atoms with van der Waals surface area (Å²) in [7, 11) is -1.46. The van der Waals surface area contributed by atoms with Crippen molar-refractivity contribution < 1.29 is 28.6 Å². The number of aryl methyl sites for hydroxylation is 1. The second-order valence-corrected chi connectivity index (χ2v) is 26.9. The van der Waals surface area contributed by atoms with E-state index in [1.807, 2.05) is 48.7 Å². The molecule has 385 valence electrons. The van der Waals surface area contributed by atoms with Crippen LogP contribution in [0.4, 0.5) is 0 Å². The van der Waals surface area contributed by atoms with Gasteiger partial charge in [0, 0.05) is 41.5 Å². The molecule has 13 aromatic rings. The molecule has 3 heterocycles. The molecule has 0 aliphatic rings. The van der Waals surface area contributed by atoms with E-state index in [0.29, 0.717) is 11.1 Å². The monoisotopic (exact) mass is 1210 g/mol. The third kappa shape index (κ3) is 9.86. The molecule has 0 aliphatic carbocycles. The maximum Gasteiger partial charge on any atom is 0.121 e. The topological polar surface area (TPSA) is 43.9 Å². The van der Waals surface area contributed by atoms with Crippen LogP contribution in [0.3, 0.4) is 0 Å². The predicted octanol–water partition coefficient (Wildman–Crippen LogP) is 19.3. The zero-order valence-corrected chi connectivity index (χ0v) is 48.3. The molecule has 0 N–H and O–H groups in total. The number of furan rings is 1. The molecule has 0 saturated heterocycles. The number of hydrogen-bond acceptors (Lipinski definition) is 3. The van der Waals surface area contributed by atoms with Gasteiger partial charge in [0.1, 0.15) is 5.58 Å². The summed E-state index contributed by atoms with van der Waals surface area (Å²) in [6.07, 6.45) is 1.83. The number of para-hydroxylation sites is 2. The van der Waals surface area contributed by atoms with Gasteiger partial charge in [-0.15, -0.1) is 47.5 Å². The fourth-order valence-electron chi connectivity index (χ4n) is 10.8. The molecule has 0 saturated carbocycles. The molecule has 0 atom stereocenters. The van der Waals surface area contributed by atoms with Crippen molar-refractivity contribution in [2.24, 2.45) is 0 Å². The Kier molecular flexibility index (Phi) is 13.3. The molecule has 3 aromatic heterocycles. The first kappa shape index (κ1) is 48.4. The van der Waals surface area contributed by atoms with E-state index in [1.165, 1.54) is 65.8 Å². The quantitative estimate of drug-likeness (QED) is 0.0822. The van der Waals surface area contributed by atoms with Crippen LogP contribution in [0.2, 0.25) is 19.6 Å². The molecule has 78 heavy (non-hydrogen) atoms. The Morgan fingerprint density at radius 1 is 0.564 bits per heavy atom. The molecule has 0 spiro atoms. The van der Waals surface area contributed by atoms with Gasteiger partial charge in [0.15, 0.2) is 0 Å². The van der Waals surface area contributed by atoms with Crippen LogP contribution in [0.25, 0.3) is 116 Å². The van der Waals surface area contributed by atoms with E-state index in [-0.39, 0.29) is 31.9 Å². The summed E-state index contributed by atoms with van der Waals surface area (Å²) < 4.78 is 32.8. The molecule has 6 heteroatoms. The van der Waals surface area contributed by atoms with Gasteiger partial charge in [0.05, 0.1) is 30.5 Å². The maximum atomic E-state index is 7.86. The van der Waals surface area contributed by atoms with Gasteiger partial charge in [-0.05, 0) is 120 Å². The minimum absolute atomic E-state index is 0. The van der Waals surface area contributed by atoms with Gasteiger partial charge in [-0.25, -0.2) is 0 Å². The number of imidazole rings is 1. The Balaban J connectivity index is 0.000000216. The van der Waals surface area contributed by atoms with Gasteiger partial charge in [0.2, 0.25) is 0 Å². The van der Waals surface area contributed by atoms with E-state index in [0.717, 1.165) is 61.2 Å². The SMILES string of the molecule is CC(C)c1cc(-c2ccc(-c3ccccc3)cc2)cc(C(C)C)c1-n1c(-c2[c-]ccc3c2oc2cc4c(ccc5ccccc54)cc23)nc2ccccc21.[2H]C([2H])([2H])c1c[c-]c(-c2cc([Si](C)(C)C)ccn2)cc1-c1ccccc1.[Ir]. The van der Waals surface area contributed by atoms with Gasteiger partial charge in [-0.2, -0.15) is 0 Å². The minimum Gasteiger partial charge on any atom is -0.501 e. The molecule has 4 nitrogen and oxygen atoms in total. The Morgan fingerprint density at radius 3 is 1.91 bits per heavy atom. The van der Waals surface area contributed by atoms with Gasteiger partial charge >= 0.3 is 0 Å². The van der Waals surface area contributed by atoms with Crippen LogP contribution < -0.4 is 5.19 Å². The Labute approximate surface area is 477 Å². The standard InChI is InChI=1S/C51H39N2O.C21H22NSi.Ir/c1-31(2)42-28-38(35-23-21-34(22-24-35)33-13-6-5-7-14-33)29-43(32(3)4)49(42)53-47-20-11-10-19-46(47)52-51(53)41-18-12-17-40-45-27-37-26-25-36-15-8-9-16-39(36)44(37)30-48(45)54-50(40)41;1-16-10-11-18(14-20(16)17-8-6-5-7-9-17)21-15-19(12-13-22-21)23(2,3)4;/h5-17,19-32H,1-4H3;5-10,12-15H,1-4H3;/q2*-1;/i;1D3;. The van der Waals surface area contributed by atoms with Crippen LogP contribution >= 0.6 is 0 Å². The Bertz CT molecular complexity index is 4410. The Morgan fingerprint density at radius 2 is 1.21 bits per heavy atom. The second-order valence-electron chi connectivity index (χ2n) is 21.8. The fourth-order valence-corrected chi connectivity index (χ4v) is 12.0. The van der Waals surface area contributed by atoms with Crippen LogP contribution in [0.1, 0.15) is 60.3 Å². The summed E-state index contributed by atoms with van der Waals surface area (Å²) in [6, 6.07) is 78.5. The average molecular weight is 1210 g/mol. The number of aromatic nitrogens is 3. The van der Waals surface area contributed by atoms with Gasteiger partial charge in [-0.3, -0.25) is 4.98 Å². The molecular weight excluding hydrogens is 1140 g/mol. The zero-order chi connectivity index (χ0) is 55.5. The number of benzene rings is 10. The van der Waals surface area contributed by atoms with Crippen molar-refractivity contribution in [3.05, 3.63) is 241 Å². The minimum atomic E-state index is -2.19. The molecule has 0 fully saturated rings. The molecule has 0 amide bonds. The van der Waals surface area contributed by atoms with Gasteiger partial charge in [-0.1, -0.05) is 215 Å². The smallest absolute Gasteiger partial charge is 0.121 e. The van der Waals surface area contributed by atoms with E-state index >= 15 is 0 Å². The number of nitrogens with zero attached hydrogens (tertiary/aromatic N) is 3. The van der Waals surface area contributed by atoms with Crippen LogP contribution in [-0.2, 0) is 20.1 Å². The van der Waals surface area contributed by atoms with Crippen molar-refractivity contribution in [3.63, 3.8) is 0 Å². The third-order valence-electron chi connectivity index (χ3n) is 15.0. The van der Waals surface area contributed by atoms with E-state index in [9.17, 15) is 0 Å². The predicted molar refractivity (Wildman–Crippen MR) is 328 cm³/mol. The first-order valence-electron chi connectivity index (χ1n) is 28.2. The zero-order valence-electron chi connectivity index (χ0n) is 47.9. The average Bonchev–Trinajstić information content (AvgIpc) is 3.39. The number of fused-ring (bicyclic) bond motifs is 7. The van der Waals surface area contributed by atoms with Crippen molar-refractivity contribution in [2.45, 2.75) is 66.0 Å². The van der Waals surface area contributed by atoms with Crippen LogP contribution in [0.15, 0.2) is 217 Å². The number of hydrogen-bond donors (Lipinski definition) is 0. The summed E-state index contributed by atoms with van der Waals surface area (Å²) in [6.45, 7) is 13.9. The van der Waals surface area contributed by atoms with E-state index in [4.69, 9.17) is 13.5 Å². The first-order valence-corrected chi connectivity index (χ1v) is 30.2. The maximum absolute atomic E-state index is 7.86. The third-order valence-corrected chi connectivity index (χ3v) is 17.0. The summed E-state index contributed by atoms with van der Waals surface area (Å²) in [4.78, 5) is 9.87. The number of pyridine rings is 1. The normalized spacial score (nSPS) is 12.4. The van der Waals surface area contributed by atoms with Crippen molar-refractivity contribution >= 4 is 67.8 Å².